The van der Waals surface area contributed by atoms with Gasteiger partial charge in [0.1, 0.15) is 0 Å². The molecule has 0 fully saturated rings. The van der Waals surface area contributed by atoms with Gasteiger partial charge in [0.15, 0.2) is 0 Å². The monoisotopic (exact) mass is 517 g/mol. The van der Waals surface area contributed by atoms with Gasteiger partial charge in [0.2, 0.25) is 5.95 Å². The van der Waals surface area contributed by atoms with Crippen molar-refractivity contribution < 1.29 is 13.2 Å². The number of hydrogen-bond acceptors (Lipinski definition) is 5. The van der Waals surface area contributed by atoms with Crippen LogP contribution in [-0.4, -0.2) is 36.3 Å². The van der Waals surface area contributed by atoms with Gasteiger partial charge in [0.05, 0.1) is 40.0 Å². The van der Waals surface area contributed by atoms with Crippen LogP contribution in [0.3, 0.4) is 0 Å². The molecule has 1 aliphatic heterocycles. The first kappa shape index (κ1) is 24.1. The molecule has 0 bridgehead atoms. The van der Waals surface area contributed by atoms with Crippen molar-refractivity contribution in [3.63, 3.8) is 0 Å². The van der Waals surface area contributed by atoms with E-state index in [-0.39, 0.29) is 5.95 Å². The highest BCUT2D eigenvalue weighted by atomic mass is 19.4. The third-order valence-electron chi connectivity index (χ3n) is 7.14. The molecule has 0 radical (unpaired) electrons. The summed E-state index contributed by atoms with van der Waals surface area (Å²) in [7, 11) is 0. The summed E-state index contributed by atoms with van der Waals surface area (Å²) in [6.45, 7) is 5.23. The predicted molar refractivity (Wildman–Crippen MR) is 139 cm³/mol. The summed E-state index contributed by atoms with van der Waals surface area (Å²) in [5.41, 5.74) is 7.13. The van der Waals surface area contributed by atoms with Gasteiger partial charge < -0.3 is 9.88 Å². The minimum atomic E-state index is -4.48. The molecule has 5 aromatic rings. The van der Waals surface area contributed by atoms with E-state index in [9.17, 15) is 13.2 Å². The Morgan fingerprint density at radius 2 is 1.71 bits per heavy atom. The summed E-state index contributed by atoms with van der Waals surface area (Å²) in [4.78, 5) is 18.0. The number of aryl methyl sites for hydroxylation is 2. The number of nitrogens with one attached hydrogen (secondary N) is 1. The summed E-state index contributed by atoms with van der Waals surface area (Å²) in [5, 5.41) is 6.15. The fraction of sp³-hybridized carbons (Fsp3) is 0.286. The SMILES string of the molecule is CCc1cccc(CC)c1-n1nc2c(c1-c1cc3cc[nH]c3cn1)CN(c1ncc(C(F)(F)F)cn1)CC2. The Kier molecular flexibility index (Phi) is 5.89. The molecule has 0 atom stereocenters. The van der Waals surface area contributed by atoms with Crippen LogP contribution in [-0.2, 0) is 32.0 Å². The number of H-pyrrole nitrogens is 1. The van der Waals surface area contributed by atoms with Crippen LogP contribution in [0.2, 0.25) is 0 Å². The second-order valence-electron chi connectivity index (χ2n) is 9.39. The van der Waals surface area contributed by atoms with Crippen LogP contribution in [0.15, 0.2) is 55.1 Å². The molecule has 1 aliphatic rings. The minimum Gasteiger partial charge on any atom is -0.360 e. The number of anilines is 1. The number of alkyl halides is 3. The molecular formula is C28H26F3N7. The minimum absolute atomic E-state index is 0.264. The highest BCUT2D eigenvalue weighted by molar-refractivity contribution is 5.83. The lowest BCUT2D eigenvalue weighted by molar-refractivity contribution is -0.138. The molecule has 194 valence electrons. The van der Waals surface area contributed by atoms with E-state index in [2.05, 4.69) is 47.0 Å². The van der Waals surface area contributed by atoms with Crippen molar-refractivity contribution in [3.8, 4) is 17.1 Å². The van der Waals surface area contributed by atoms with Crippen molar-refractivity contribution in [1.82, 2.24) is 29.7 Å². The molecule has 38 heavy (non-hydrogen) atoms. The fourth-order valence-electron chi connectivity index (χ4n) is 5.17. The maximum Gasteiger partial charge on any atom is 0.419 e. The Bertz CT molecular complexity index is 1590. The quantitative estimate of drug-likeness (QED) is 0.314. The molecule has 6 rings (SSSR count). The molecule has 1 N–H and O–H groups in total. The van der Waals surface area contributed by atoms with Gasteiger partial charge in [-0.2, -0.15) is 18.3 Å². The van der Waals surface area contributed by atoms with Gasteiger partial charge in [-0.25, -0.2) is 14.6 Å². The number of aromatic nitrogens is 6. The van der Waals surface area contributed by atoms with Crippen molar-refractivity contribution in [3.05, 3.63) is 83.1 Å². The fourth-order valence-corrected chi connectivity index (χ4v) is 5.17. The Morgan fingerprint density at radius 3 is 2.39 bits per heavy atom. The third-order valence-corrected chi connectivity index (χ3v) is 7.14. The third kappa shape index (κ3) is 4.09. The number of para-hydroxylation sites is 1. The molecule has 4 aromatic heterocycles. The Labute approximate surface area is 217 Å². The van der Waals surface area contributed by atoms with Crippen molar-refractivity contribution in [2.75, 3.05) is 11.4 Å². The topological polar surface area (TPSA) is 75.5 Å². The average molecular weight is 518 g/mol. The largest absolute Gasteiger partial charge is 0.419 e. The second-order valence-corrected chi connectivity index (χ2v) is 9.39. The Morgan fingerprint density at radius 1 is 0.974 bits per heavy atom. The molecule has 0 saturated heterocycles. The number of fused-ring (bicyclic) bond motifs is 2. The number of rotatable bonds is 5. The zero-order chi connectivity index (χ0) is 26.4. The van der Waals surface area contributed by atoms with E-state index in [1.807, 2.05) is 34.1 Å². The number of benzene rings is 1. The Hall–Kier alpha value is -4.21. The number of nitrogens with zero attached hydrogens (tertiary/aromatic N) is 6. The molecule has 0 amide bonds. The predicted octanol–water partition coefficient (Wildman–Crippen LogP) is 5.91. The van der Waals surface area contributed by atoms with Crippen molar-refractivity contribution in [2.45, 2.75) is 45.8 Å². The van der Waals surface area contributed by atoms with E-state index in [0.29, 0.717) is 19.5 Å². The molecule has 1 aromatic carbocycles. The van der Waals surface area contributed by atoms with Gasteiger partial charge in [0, 0.05) is 49.1 Å². The van der Waals surface area contributed by atoms with Gasteiger partial charge in [-0.05, 0) is 36.1 Å². The number of hydrogen-bond donors (Lipinski definition) is 1. The van der Waals surface area contributed by atoms with Gasteiger partial charge >= 0.3 is 6.18 Å². The summed E-state index contributed by atoms with van der Waals surface area (Å²) < 4.78 is 41.2. The van der Waals surface area contributed by atoms with Crippen molar-refractivity contribution >= 4 is 16.9 Å². The highest BCUT2D eigenvalue weighted by Crippen LogP contribution is 2.36. The summed E-state index contributed by atoms with van der Waals surface area (Å²) in [5.74, 6) is 0.264. The zero-order valence-corrected chi connectivity index (χ0v) is 21.0. The maximum atomic E-state index is 13.1. The van der Waals surface area contributed by atoms with Gasteiger partial charge in [-0.1, -0.05) is 32.0 Å². The summed E-state index contributed by atoms with van der Waals surface area (Å²) >= 11 is 0. The van der Waals surface area contributed by atoms with Crippen LogP contribution in [0.1, 0.15) is 41.8 Å². The second kappa shape index (κ2) is 9.27. The van der Waals surface area contributed by atoms with E-state index >= 15 is 0 Å². The number of halogens is 3. The van der Waals surface area contributed by atoms with Crippen molar-refractivity contribution in [1.29, 1.82) is 0 Å². The standard InChI is InChI=1S/C28H26F3N7/c1-3-17-6-5-7-18(4-2)25(17)38-26(23-12-19-8-10-32-24(19)15-33-23)21-16-37(11-9-22(21)36-38)27-34-13-20(14-35-27)28(29,30)31/h5-8,10,12-15,32H,3-4,9,11,16H2,1-2H3. The molecule has 0 aliphatic carbocycles. The van der Waals surface area contributed by atoms with Crippen LogP contribution in [0.25, 0.3) is 28.0 Å². The van der Waals surface area contributed by atoms with E-state index in [1.165, 1.54) is 11.1 Å². The number of aromatic amines is 1. The lowest BCUT2D eigenvalue weighted by Gasteiger charge is -2.27. The van der Waals surface area contributed by atoms with E-state index in [1.54, 1.807) is 0 Å². The molecule has 0 spiro atoms. The highest BCUT2D eigenvalue weighted by Gasteiger charge is 2.33. The van der Waals surface area contributed by atoms with E-state index in [4.69, 9.17) is 10.1 Å². The first-order valence-corrected chi connectivity index (χ1v) is 12.7. The first-order chi connectivity index (χ1) is 18.4. The van der Waals surface area contributed by atoms with Crippen LogP contribution in [0, 0.1) is 0 Å². The summed E-state index contributed by atoms with van der Waals surface area (Å²) in [6.07, 6.45) is 3.22. The smallest absolute Gasteiger partial charge is 0.360 e. The molecule has 0 unspecified atom stereocenters. The molecular weight excluding hydrogens is 491 g/mol. The normalized spacial score (nSPS) is 13.8. The van der Waals surface area contributed by atoms with Crippen LogP contribution < -0.4 is 4.90 Å². The molecule has 0 saturated carbocycles. The van der Waals surface area contributed by atoms with Gasteiger partial charge in [-0.15, -0.1) is 0 Å². The van der Waals surface area contributed by atoms with E-state index in [0.717, 1.165) is 64.5 Å². The van der Waals surface area contributed by atoms with Gasteiger partial charge in [-0.3, -0.25) is 4.98 Å². The average Bonchev–Trinajstić information content (AvgIpc) is 3.55. The Balaban J connectivity index is 1.51. The lowest BCUT2D eigenvalue weighted by Crippen LogP contribution is -2.31. The van der Waals surface area contributed by atoms with Gasteiger partial charge in [0.25, 0.3) is 0 Å². The zero-order valence-electron chi connectivity index (χ0n) is 21.0. The van der Waals surface area contributed by atoms with E-state index < -0.39 is 11.7 Å². The first-order valence-electron chi connectivity index (χ1n) is 12.7. The summed E-state index contributed by atoms with van der Waals surface area (Å²) in [6, 6.07) is 10.4. The number of pyridine rings is 1. The molecule has 10 heteroatoms. The van der Waals surface area contributed by atoms with Crippen LogP contribution in [0.5, 0.6) is 0 Å². The van der Waals surface area contributed by atoms with Crippen LogP contribution >= 0.6 is 0 Å². The van der Waals surface area contributed by atoms with Crippen molar-refractivity contribution in [2.24, 2.45) is 0 Å². The van der Waals surface area contributed by atoms with Crippen LogP contribution in [0.4, 0.5) is 19.1 Å². The lowest BCUT2D eigenvalue weighted by atomic mass is 10.0. The molecule has 5 heterocycles. The maximum absolute atomic E-state index is 13.1. The molecule has 7 nitrogen and oxygen atoms in total.